The van der Waals surface area contributed by atoms with Gasteiger partial charge >= 0.3 is 0 Å². The predicted molar refractivity (Wildman–Crippen MR) is 67.4 cm³/mol. The van der Waals surface area contributed by atoms with Gasteiger partial charge in [-0.05, 0) is 29.8 Å². The van der Waals surface area contributed by atoms with E-state index in [2.05, 4.69) is 5.32 Å². The monoisotopic (exact) mass is 271 g/mol. The molecule has 0 heterocycles. The zero-order chi connectivity index (χ0) is 13.5. The third-order valence-corrected chi connectivity index (χ3v) is 2.44. The minimum Gasteiger partial charge on any atom is -0.493 e. The highest BCUT2D eigenvalue weighted by Crippen LogP contribution is 2.27. The van der Waals surface area contributed by atoms with E-state index in [1.807, 2.05) is 0 Å². The molecule has 1 rings (SSSR count). The molecule has 0 unspecified atom stereocenters. The Hall–Kier alpha value is -1.75. The van der Waals surface area contributed by atoms with E-state index in [-0.39, 0.29) is 18.9 Å². The number of amides is 1. The standard InChI is InChI=1S/C12H14ClNO4/c1-17-9-4-3-8(7-10(9)18-2)12(16)14-6-5-11(13)15/h3-4,7H,5-6H2,1-2H3,(H,14,16). The summed E-state index contributed by atoms with van der Waals surface area (Å²) in [5.74, 6) is 0.720. The summed E-state index contributed by atoms with van der Waals surface area (Å²) >= 11 is 5.17. The van der Waals surface area contributed by atoms with Crippen LogP contribution in [0.4, 0.5) is 0 Å². The lowest BCUT2D eigenvalue weighted by atomic mass is 10.2. The Morgan fingerprint density at radius 1 is 1.22 bits per heavy atom. The first-order chi connectivity index (χ1) is 8.58. The van der Waals surface area contributed by atoms with Gasteiger partial charge in [0, 0.05) is 18.5 Å². The Morgan fingerprint density at radius 3 is 2.44 bits per heavy atom. The van der Waals surface area contributed by atoms with Gasteiger partial charge in [-0.25, -0.2) is 0 Å². The lowest BCUT2D eigenvalue weighted by molar-refractivity contribution is -0.111. The summed E-state index contributed by atoms with van der Waals surface area (Å²) in [6.07, 6.45) is 0.0978. The van der Waals surface area contributed by atoms with Gasteiger partial charge in [0.2, 0.25) is 5.24 Å². The van der Waals surface area contributed by atoms with E-state index in [9.17, 15) is 9.59 Å². The molecule has 0 saturated carbocycles. The quantitative estimate of drug-likeness (QED) is 0.798. The van der Waals surface area contributed by atoms with Gasteiger partial charge in [0.05, 0.1) is 14.2 Å². The molecule has 0 aliphatic heterocycles. The van der Waals surface area contributed by atoms with Crippen molar-refractivity contribution in [2.45, 2.75) is 6.42 Å². The van der Waals surface area contributed by atoms with Crippen molar-refractivity contribution in [2.24, 2.45) is 0 Å². The molecule has 0 saturated heterocycles. The van der Waals surface area contributed by atoms with Crippen molar-refractivity contribution in [3.8, 4) is 11.5 Å². The Morgan fingerprint density at radius 2 is 1.89 bits per heavy atom. The Kier molecular flexibility index (Phi) is 5.45. The minimum absolute atomic E-state index is 0.0978. The van der Waals surface area contributed by atoms with E-state index in [4.69, 9.17) is 21.1 Å². The topological polar surface area (TPSA) is 64.6 Å². The summed E-state index contributed by atoms with van der Waals surface area (Å²) in [6, 6.07) is 4.82. The van der Waals surface area contributed by atoms with Crippen molar-refractivity contribution in [3.63, 3.8) is 0 Å². The molecule has 0 spiro atoms. The number of benzene rings is 1. The van der Waals surface area contributed by atoms with Gasteiger partial charge in [-0.15, -0.1) is 0 Å². The van der Waals surface area contributed by atoms with Crippen molar-refractivity contribution in [1.29, 1.82) is 0 Å². The molecule has 1 aromatic rings. The van der Waals surface area contributed by atoms with Gasteiger partial charge in [0.25, 0.3) is 5.91 Å². The Labute approximate surface area is 110 Å². The van der Waals surface area contributed by atoms with Gasteiger partial charge in [-0.1, -0.05) is 0 Å². The highest BCUT2D eigenvalue weighted by Gasteiger charge is 2.10. The summed E-state index contributed by atoms with van der Waals surface area (Å²) in [4.78, 5) is 22.3. The van der Waals surface area contributed by atoms with Crippen LogP contribution in [0, 0.1) is 0 Å². The molecular weight excluding hydrogens is 258 g/mol. The maximum absolute atomic E-state index is 11.7. The van der Waals surface area contributed by atoms with Gasteiger partial charge in [-0.3, -0.25) is 9.59 Å². The van der Waals surface area contributed by atoms with E-state index in [1.54, 1.807) is 18.2 Å². The molecule has 0 atom stereocenters. The molecule has 6 heteroatoms. The Balaban J connectivity index is 2.71. The first-order valence-corrected chi connectivity index (χ1v) is 5.65. The van der Waals surface area contributed by atoms with Gasteiger partial charge in [0.15, 0.2) is 11.5 Å². The van der Waals surface area contributed by atoms with Crippen LogP contribution in [0.1, 0.15) is 16.8 Å². The van der Waals surface area contributed by atoms with Crippen LogP contribution in [0.25, 0.3) is 0 Å². The molecule has 5 nitrogen and oxygen atoms in total. The highest BCUT2D eigenvalue weighted by molar-refractivity contribution is 6.63. The van der Waals surface area contributed by atoms with Crippen molar-refractivity contribution in [1.82, 2.24) is 5.32 Å². The van der Waals surface area contributed by atoms with Crippen LogP contribution in [0.5, 0.6) is 11.5 Å². The largest absolute Gasteiger partial charge is 0.493 e. The summed E-state index contributed by atoms with van der Waals surface area (Å²) < 4.78 is 10.2. The fourth-order valence-corrected chi connectivity index (χ4v) is 1.45. The molecule has 0 radical (unpaired) electrons. The predicted octanol–water partition coefficient (Wildman–Crippen LogP) is 1.59. The van der Waals surface area contributed by atoms with Crippen molar-refractivity contribution >= 4 is 22.8 Å². The van der Waals surface area contributed by atoms with Crippen LogP contribution >= 0.6 is 11.6 Å². The molecular formula is C12H14ClNO4. The Bertz CT molecular complexity index is 448. The molecule has 1 aromatic carbocycles. The number of methoxy groups -OCH3 is 2. The molecule has 18 heavy (non-hydrogen) atoms. The molecule has 0 fully saturated rings. The zero-order valence-electron chi connectivity index (χ0n) is 10.2. The fraction of sp³-hybridized carbons (Fsp3) is 0.333. The van der Waals surface area contributed by atoms with Crippen LogP contribution in [0.3, 0.4) is 0 Å². The minimum atomic E-state index is -0.484. The molecule has 0 bridgehead atoms. The van der Waals surface area contributed by atoms with E-state index >= 15 is 0 Å². The van der Waals surface area contributed by atoms with E-state index < -0.39 is 5.24 Å². The summed E-state index contributed by atoms with van der Waals surface area (Å²) in [5, 5.41) is 2.09. The third kappa shape index (κ3) is 3.92. The van der Waals surface area contributed by atoms with Crippen molar-refractivity contribution in [3.05, 3.63) is 23.8 Å². The zero-order valence-corrected chi connectivity index (χ0v) is 10.9. The average Bonchev–Trinajstić information content (AvgIpc) is 2.37. The van der Waals surface area contributed by atoms with E-state index in [1.165, 1.54) is 14.2 Å². The highest BCUT2D eigenvalue weighted by atomic mass is 35.5. The van der Waals surface area contributed by atoms with Crippen LogP contribution in [-0.2, 0) is 4.79 Å². The number of hydrogen-bond acceptors (Lipinski definition) is 4. The number of rotatable bonds is 6. The summed E-state index contributed by atoms with van der Waals surface area (Å²) in [5.41, 5.74) is 0.426. The molecule has 0 aromatic heterocycles. The second-order valence-corrected chi connectivity index (χ2v) is 3.85. The number of halogens is 1. The lowest BCUT2D eigenvalue weighted by Gasteiger charge is -2.09. The summed E-state index contributed by atoms with van der Waals surface area (Å²) in [6.45, 7) is 0.204. The second kappa shape index (κ2) is 6.86. The third-order valence-electron chi connectivity index (χ3n) is 2.25. The molecule has 1 amide bonds. The fourth-order valence-electron chi connectivity index (χ4n) is 1.35. The molecule has 1 N–H and O–H groups in total. The van der Waals surface area contributed by atoms with Crippen LogP contribution < -0.4 is 14.8 Å². The number of nitrogens with one attached hydrogen (secondary N) is 1. The van der Waals surface area contributed by atoms with Crippen LogP contribution in [0.15, 0.2) is 18.2 Å². The second-order valence-electron chi connectivity index (χ2n) is 3.43. The maximum Gasteiger partial charge on any atom is 0.251 e. The molecule has 0 aliphatic rings. The van der Waals surface area contributed by atoms with Gasteiger partial charge in [0.1, 0.15) is 0 Å². The maximum atomic E-state index is 11.7. The normalized spacial score (nSPS) is 9.72. The lowest BCUT2D eigenvalue weighted by Crippen LogP contribution is -2.25. The number of hydrogen-bond donors (Lipinski definition) is 1. The van der Waals surface area contributed by atoms with Gasteiger partial charge in [-0.2, -0.15) is 0 Å². The van der Waals surface area contributed by atoms with Crippen LogP contribution in [-0.4, -0.2) is 31.9 Å². The summed E-state index contributed by atoms with van der Waals surface area (Å²) in [7, 11) is 3.01. The first-order valence-electron chi connectivity index (χ1n) is 5.27. The van der Waals surface area contributed by atoms with E-state index in [0.29, 0.717) is 17.1 Å². The average molecular weight is 272 g/mol. The molecule has 98 valence electrons. The molecule has 0 aliphatic carbocycles. The first kappa shape index (κ1) is 14.3. The van der Waals surface area contributed by atoms with Crippen LogP contribution in [0.2, 0.25) is 0 Å². The SMILES string of the molecule is COc1ccc(C(=O)NCCC(=O)Cl)cc1OC. The number of carbonyl (C=O) groups is 2. The van der Waals surface area contributed by atoms with Crippen molar-refractivity contribution in [2.75, 3.05) is 20.8 Å². The van der Waals surface area contributed by atoms with Crippen molar-refractivity contribution < 1.29 is 19.1 Å². The number of ether oxygens (including phenoxy) is 2. The van der Waals surface area contributed by atoms with E-state index in [0.717, 1.165) is 0 Å². The smallest absolute Gasteiger partial charge is 0.251 e. The van der Waals surface area contributed by atoms with Gasteiger partial charge < -0.3 is 14.8 Å². The number of carbonyl (C=O) groups excluding carboxylic acids is 2.